The molecular formula is C20H21AsCl2F3N3O4S. The standard InChI is InChI=1S/C18H20AsCl2N3O2S.C2HF3O2/c1-2-23-17-13(18(26)24-7-5-22-6-8-24)14(19)16(27-17)15(25)11-4-3-10(20)9-12(11)21;3-2(4,5)1(6)7/h3-4,9,22-23H,2,5-8,19H2,1H3;(H,6,7). The van der Waals surface area contributed by atoms with Gasteiger partial charge in [-0.1, -0.05) is 0 Å². The molecule has 186 valence electrons. The Balaban J connectivity index is 0.000000509. The van der Waals surface area contributed by atoms with Crippen LogP contribution in [-0.4, -0.2) is 83.4 Å². The summed E-state index contributed by atoms with van der Waals surface area (Å²) in [4.78, 5) is 37.5. The van der Waals surface area contributed by atoms with Gasteiger partial charge in [0.2, 0.25) is 0 Å². The molecule has 1 aliphatic rings. The molecule has 0 saturated carbocycles. The van der Waals surface area contributed by atoms with Crippen molar-refractivity contribution in [2.45, 2.75) is 13.1 Å². The quantitative estimate of drug-likeness (QED) is 0.360. The molecule has 1 atom stereocenters. The minimum atomic E-state index is -5.08. The number of halogens is 5. The number of anilines is 1. The Morgan fingerprint density at radius 2 is 1.82 bits per heavy atom. The molecule has 34 heavy (non-hydrogen) atoms. The Labute approximate surface area is 216 Å². The first kappa shape index (κ1) is 28.5. The van der Waals surface area contributed by atoms with E-state index in [-0.39, 0.29) is 11.7 Å². The summed E-state index contributed by atoms with van der Waals surface area (Å²) < 4.78 is 32.5. The van der Waals surface area contributed by atoms with Crippen molar-refractivity contribution in [2.75, 3.05) is 38.0 Å². The Hall–Kier alpha value is -1.78. The van der Waals surface area contributed by atoms with Gasteiger partial charge in [0.1, 0.15) is 0 Å². The molecular weight excluding hydrogens is 581 g/mol. The van der Waals surface area contributed by atoms with E-state index in [4.69, 9.17) is 33.1 Å². The van der Waals surface area contributed by atoms with Gasteiger partial charge < -0.3 is 5.11 Å². The number of alkyl halides is 3. The third kappa shape index (κ3) is 7.11. The minimum absolute atomic E-state index is 0.0238. The molecule has 2 aromatic rings. The van der Waals surface area contributed by atoms with E-state index in [1.54, 1.807) is 18.2 Å². The Kier molecular flexibility index (Phi) is 10.3. The van der Waals surface area contributed by atoms with Gasteiger partial charge in [-0.3, -0.25) is 0 Å². The van der Waals surface area contributed by atoms with E-state index in [9.17, 15) is 22.8 Å². The largest absolute Gasteiger partial charge is 0.490 e. The fourth-order valence-corrected chi connectivity index (χ4v) is 5.99. The van der Waals surface area contributed by atoms with Crippen molar-refractivity contribution in [2.24, 2.45) is 0 Å². The molecule has 0 radical (unpaired) electrons. The van der Waals surface area contributed by atoms with Crippen LogP contribution < -0.4 is 15.0 Å². The van der Waals surface area contributed by atoms with Crippen LogP contribution in [0.5, 0.6) is 0 Å². The van der Waals surface area contributed by atoms with Crippen molar-refractivity contribution < 1.29 is 32.7 Å². The van der Waals surface area contributed by atoms with Gasteiger partial charge in [0.25, 0.3) is 0 Å². The van der Waals surface area contributed by atoms with Crippen molar-refractivity contribution in [1.82, 2.24) is 10.2 Å². The molecule has 0 spiro atoms. The molecule has 1 unspecified atom stereocenters. The molecule has 0 bridgehead atoms. The van der Waals surface area contributed by atoms with Crippen molar-refractivity contribution in [1.29, 1.82) is 0 Å². The predicted octanol–water partition coefficient (Wildman–Crippen LogP) is 2.65. The number of carbonyl (C=O) groups is 3. The summed E-state index contributed by atoms with van der Waals surface area (Å²) >= 11 is 14.8. The monoisotopic (exact) mass is 601 g/mol. The van der Waals surface area contributed by atoms with E-state index in [0.29, 0.717) is 45.7 Å². The third-order valence-electron chi connectivity index (χ3n) is 4.53. The predicted molar refractivity (Wildman–Crippen MR) is 129 cm³/mol. The summed E-state index contributed by atoms with van der Waals surface area (Å²) in [6.45, 7) is 5.53. The SMILES string of the molecule is CCNc1sc(C(=O)c2ccc(Cl)cc2Cl)c([AsH2])c1C(=O)N1CCNCC1.O=C(O)C(F)(F)F. The molecule has 3 rings (SSSR count). The first-order valence-electron chi connectivity index (χ1n) is 9.84. The number of carbonyl (C=O) groups excluding carboxylic acids is 2. The number of piperazine rings is 1. The van der Waals surface area contributed by atoms with E-state index in [0.717, 1.165) is 22.4 Å². The van der Waals surface area contributed by atoms with Crippen LogP contribution in [0.1, 0.15) is 32.5 Å². The van der Waals surface area contributed by atoms with Crippen molar-refractivity contribution in [3.63, 3.8) is 0 Å². The van der Waals surface area contributed by atoms with E-state index in [1.165, 1.54) is 28.2 Å². The molecule has 1 aromatic carbocycles. The molecule has 1 aromatic heterocycles. The van der Waals surface area contributed by atoms with Crippen LogP contribution in [0.4, 0.5) is 18.2 Å². The van der Waals surface area contributed by atoms with Gasteiger partial charge in [-0.2, -0.15) is 13.2 Å². The van der Waals surface area contributed by atoms with E-state index in [1.807, 2.05) is 11.8 Å². The Morgan fingerprint density at radius 1 is 1.24 bits per heavy atom. The third-order valence-corrected chi connectivity index (χ3v) is 7.89. The topological polar surface area (TPSA) is 98.7 Å². The zero-order valence-electron chi connectivity index (χ0n) is 17.8. The second-order valence-corrected chi connectivity index (χ2v) is 9.95. The zero-order valence-corrected chi connectivity index (χ0v) is 22.5. The van der Waals surface area contributed by atoms with E-state index >= 15 is 0 Å². The van der Waals surface area contributed by atoms with Crippen LogP contribution in [-0.2, 0) is 4.79 Å². The minimum Gasteiger partial charge on any atom is -0.475 e. The van der Waals surface area contributed by atoms with E-state index in [2.05, 4.69) is 10.6 Å². The fourth-order valence-electron chi connectivity index (χ4n) is 2.93. The number of ketones is 1. The van der Waals surface area contributed by atoms with Crippen LogP contribution >= 0.6 is 34.5 Å². The van der Waals surface area contributed by atoms with Crippen LogP contribution in [0.2, 0.25) is 10.0 Å². The number of aliphatic carboxylic acids is 1. The Morgan fingerprint density at radius 3 is 2.32 bits per heavy atom. The molecule has 1 fully saturated rings. The summed E-state index contributed by atoms with van der Waals surface area (Å²) in [5.41, 5.74) is 1.00. The first-order chi connectivity index (χ1) is 15.9. The average molecular weight is 602 g/mol. The van der Waals surface area contributed by atoms with Crippen molar-refractivity contribution in [3.05, 3.63) is 44.2 Å². The number of hydrogen-bond donors (Lipinski definition) is 3. The number of hydrogen-bond acceptors (Lipinski definition) is 6. The van der Waals surface area contributed by atoms with Gasteiger partial charge in [-0.05, 0) is 0 Å². The molecule has 14 heteroatoms. The van der Waals surface area contributed by atoms with E-state index < -0.39 is 12.1 Å². The summed E-state index contributed by atoms with van der Waals surface area (Å²) in [5, 5.41) is 15.2. The van der Waals surface area contributed by atoms with Crippen molar-refractivity contribution >= 4 is 78.4 Å². The van der Waals surface area contributed by atoms with Gasteiger partial charge in [0.05, 0.1) is 0 Å². The maximum atomic E-state index is 13.1. The second kappa shape index (κ2) is 12.3. The average Bonchev–Trinajstić information content (AvgIpc) is 3.09. The van der Waals surface area contributed by atoms with Crippen LogP contribution in [0.25, 0.3) is 0 Å². The molecule has 2 heterocycles. The summed E-state index contributed by atoms with van der Waals surface area (Å²) in [7, 11) is 0. The maximum Gasteiger partial charge on any atom is 0.490 e. The first-order valence-corrected chi connectivity index (χ1v) is 12.6. The number of benzene rings is 1. The van der Waals surface area contributed by atoms with Gasteiger partial charge in [0, 0.05) is 0 Å². The molecule has 3 N–H and O–H groups in total. The molecule has 1 saturated heterocycles. The van der Waals surface area contributed by atoms with Crippen LogP contribution in [0, 0.1) is 0 Å². The van der Waals surface area contributed by atoms with Gasteiger partial charge >= 0.3 is 194 Å². The summed E-state index contributed by atoms with van der Waals surface area (Å²) in [6.07, 6.45) is -5.08. The van der Waals surface area contributed by atoms with Crippen molar-refractivity contribution in [3.8, 4) is 0 Å². The molecule has 7 nitrogen and oxygen atoms in total. The van der Waals surface area contributed by atoms with Gasteiger partial charge in [0.15, 0.2) is 0 Å². The zero-order chi connectivity index (χ0) is 25.6. The number of thiophene rings is 1. The normalized spacial score (nSPS) is 13.7. The van der Waals surface area contributed by atoms with Crippen LogP contribution in [0.3, 0.4) is 0 Å². The Bertz CT molecular complexity index is 1080. The number of amides is 1. The molecule has 1 aliphatic heterocycles. The smallest absolute Gasteiger partial charge is 0.475 e. The number of carboxylic acids is 1. The second-order valence-electron chi connectivity index (χ2n) is 6.88. The number of nitrogens with one attached hydrogen (secondary N) is 2. The van der Waals surface area contributed by atoms with Crippen LogP contribution in [0.15, 0.2) is 18.2 Å². The summed E-state index contributed by atoms with van der Waals surface area (Å²) in [5.74, 6) is -2.96. The molecule has 1 amide bonds. The maximum absolute atomic E-state index is 13.1. The molecule has 0 aliphatic carbocycles. The van der Waals surface area contributed by atoms with Gasteiger partial charge in [-0.15, -0.1) is 0 Å². The number of carboxylic acid groups (broad SMARTS) is 1. The van der Waals surface area contributed by atoms with Gasteiger partial charge in [-0.25, -0.2) is 4.79 Å². The fraction of sp³-hybridized carbons (Fsp3) is 0.350. The summed E-state index contributed by atoms with van der Waals surface area (Å²) in [6, 6.07) is 4.83. The number of nitrogens with zero attached hydrogens (tertiary/aromatic N) is 1. The number of rotatable bonds is 5.